The van der Waals surface area contributed by atoms with Crippen LogP contribution in [0.1, 0.15) is 57.2 Å². The van der Waals surface area contributed by atoms with Crippen LogP contribution in [0.4, 0.5) is 0 Å². The molecule has 1 N–H and O–H groups in total. The molecular formula is C16H25N3O3. The first-order valence-corrected chi connectivity index (χ1v) is 8.34. The summed E-state index contributed by atoms with van der Waals surface area (Å²) in [5.41, 5.74) is 0.187. The molecule has 3 rings (SSSR count). The Bertz CT molecular complexity index is 522. The Balaban J connectivity index is 1.51. The Hall–Kier alpha value is -1.43. The van der Waals surface area contributed by atoms with Gasteiger partial charge in [0, 0.05) is 30.9 Å². The second-order valence-electron chi connectivity index (χ2n) is 6.48. The summed E-state index contributed by atoms with van der Waals surface area (Å²) in [7, 11) is 0. The molecule has 2 atom stereocenters. The second kappa shape index (κ2) is 6.36. The number of nitrogens with zero attached hydrogens (tertiary/aromatic N) is 2. The van der Waals surface area contributed by atoms with Crippen molar-refractivity contribution in [3.8, 4) is 0 Å². The van der Waals surface area contributed by atoms with E-state index in [4.69, 9.17) is 9.26 Å². The molecule has 1 spiro atoms. The van der Waals surface area contributed by atoms with Gasteiger partial charge in [0.25, 0.3) is 0 Å². The summed E-state index contributed by atoms with van der Waals surface area (Å²) < 4.78 is 10.9. The first-order chi connectivity index (χ1) is 10.6. The van der Waals surface area contributed by atoms with E-state index < -0.39 is 0 Å². The minimum Gasteiger partial charge on any atom is -0.378 e. The van der Waals surface area contributed by atoms with Crippen LogP contribution >= 0.6 is 0 Å². The lowest BCUT2D eigenvalue weighted by Crippen LogP contribution is -2.63. The van der Waals surface area contributed by atoms with Crippen molar-refractivity contribution >= 4 is 5.91 Å². The van der Waals surface area contributed by atoms with E-state index in [0.717, 1.165) is 13.0 Å². The molecule has 0 saturated heterocycles. The van der Waals surface area contributed by atoms with Crippen LogP contribution in [0, 0.1) is 12.3 Å². The van der Waals surface area contributed by atoms with Crippen LogP contribution in [0.5, 0.6) is 0 Å². The van der Waals surface area contributed by atoms with Crippen LogP contribution < -0.4 is 5.32 Å². The molecule has 1 aromatic heterocycles. The van der Waals surface area contributed by atoms with Gasteiger partial charge in [-0.05, 0) is 33.1 Å². The minimum atomic E-state index is 0.0714. The molecule has 0 bridgehead atoms. The Labute approximate surface area is 131 Å². The molecule has 2 saturated carbocycles. The maximum atomic E-state index is 12.2. The topological polar surface area (TPSA) is 77.2 Å². The molecule has 1 aromatic rings. The predicted molar refractivity (Wildman–Crippen MR) is 80.2 cm³/mol. The van der Waals surface area contributed by atoms with Crippen LogP contribution in [-0.2, 0) is 16.0 Å². The first-order valence-electron chi connectivity index (χ1n) is 8.34. The van der Waals surface area contributed by atoms with Crippen molar-refractivity contribution in [1.82, 2.24) is 15.5 Å². The summed E-state index contributed by atoms with van der Waals surface area (Å²) in [6.07, 6.45) is 7.00. The van der Waals surface area contributed by atoms with Gasteiger partial charge in [-0.3, -0.25) is 4.79 Å². The van der Waals surface area contributed by atoms with Crippen LogP contribution in [-0.4, -0.2) is 34.8 Å². The van der Waals surface area contributed by atoms with Gasteiger partial charge in [-0.25, -0.2) is 0 Å². The smallest absolute Gasteiger partial charge is 0.227 e. The zero-order valence-corrected chi connectivity index (χ0v) is 13.4. The molecule has 0 aromatic carbocycles. The highest BCUT2D eigenvalue weighted by molar-refractivity contribution is 5.76. The molecule has 122 valence electrons. The van der Waals surface area contributed by atoms with Crippen LogP contribution in [0.25, 0.3) is 0 Å². The summed E-state index contributed by atoms with van der Waals surface area (Å²) in [5.74, 6) is 1.21. The monoisotopic (exact) mass is 307 g/mol. The third-order valence-electron chi connectivity index (χ3n) is 5.16. The van der Waals surface area contributed by atoms with Crippen molar-refractivity contribution in [1.29, 1.82) is 0 Å². The lowest BCUT2D eigenvalue weighted by atomic mass is 9.60. The van der Waals surface area contributed by atoms with Gasteiger partial charge in [-0.2, -0.15) is 4.98 Å². The predicted octanol–water partition coefficient (Wildman–Crippen LogP) is 2.16. The van der Waals surface area contributed by atoms with Crippen molar-refractivity contribution in [2.24, 2.45) is 5.41 Å². The van der Waals surface area contributed by atoms with Crippen LogP contribution in [0.3, 0.4) is 0 Å². The van der Waals surface area contributed by atoms with E-state index in [0.29, 0.717) is 30.7 Å². The number of amides is 1. The Morgan fingerprint density at radius 3 is 2.86 bits per heavy atom. The number of aromatic nitrogens is 2. The Morgan fingerprint density at radius 1 is 1.45 bits per heavy atom. The lowest BCUT2D eigenvalue weighted by Gasteiger charge is -2.54. The SMILES string of the molecule is CCO[C@@H]1C[C@H](NC(=O)CCc2nc(C)no2)C12CCCC2. The molecule has 6 heteroatoms. The van der Waals surface area contributed by atoms with E-state index in [1.165, 1.54) is 25.7 Å². The van der Waals surface area contributed by atoms with Gasteiger partial charge in [-0.15, -0.1) is 0 Å². The average molecular weight is 307 g/mol. The van der Waals surface area contributed by atoms with Crippen molar-refractivity contribution in [3.63, 3.8) is 0 Å². The van der Waals surface area contributed by atoms with Crippen molar-refractivity contribution in [3.05, 3.63) is 11.7 Å². The average Bonchev–Trinajstić information content (AvgIpc) is 3.14. The van der Waals surface area contributed by atoms with Gasteiger partial charge >= 0.3 is 0 Å². The third-order valence-corrected chi connectivity index (χ3v) is 5.16. The second-order valence-corrected chi connectivity index (χ2v) is 6.48. The van der Waals surface area contributed by atoms with Gasteiger partial charge in [0.2, 0.25) is 11.8 Å². The third kappa shape index (κ3) is 2.89. The van der Waals surface area contributed by atoms with Gasteiger partial charge < -0.3 is 14.6 Å². The molecule has 2 fully saturated rings. The van der Waals surface area contributed by atoms with E-state index in [1.54, 1.807) is 6.92 Å². The molecule has 2 aliphatic carbocycles. The van der Waals surface area contributed by atoms with Gasteiger partial charge in [0.15, 0.2) is 5.82 Å². The Kier molecular flexibility index (Phi) is 4.47. The number of nitrogens with one attached hydrogen (secondary N) is 1. The Morgan fingerprint density at radius 2 is 2.23 bits per heavy atom. The number of rotatable bonds is 6. The molecule has 0 aliphatic heterocycles. The summed E-state index contributed by atoms with van der Waals surface area (Å²) in [6.45, 7) is 4.57. The normalized spacial score (nSPS) is 26.1. The summed E-state index contributed by atoms with van der Waals surface area (Å²) in [4.78, 5) is 16.3. The standard InChI is InChI=1S/C16H25N3O3/c1-3-21-13-10-12(16(13)8-4-5-9-16)18-14(20)6-7-15-17-11(2)19-22-15/h12-13H,3-10H2,1-2H3,(H,18,20)/t12-,13+/m0/s1. The van der Waals surface area contributed by atoms with E-state index in [9.17, 15) is 4.79 Å². The lowest BCUT2D eigenvalue weighted by molar-refractivity contribution is -0.144. The van der Waals surface area contributed by atoms with Crippen molar-refractivity contribution < 1.29 is 14.1 Å². The molecule has 0 unspecified atom stereocenters. The summed E-state index contributed by atoms with van der Waals surface area (Å²) in [5, 5.41) is 6.94. The van der Waals surface area contributed by atoms with E-state index in [1.807, 2.05) is 6.92 Å². The zero-order chi connectivity index (χ0) is 15.6. The van der Waals surface area contributed by atoms with Crippen LogP contribution in [0.2, 0.25) is 0 Å². The van der Waals surface area contributed by atoms with Gasteiger partial charge in [0.1, 0.15) is 0 Å². The number of aryl methyl sites for hydroxylation is 2. The summed E-state index contributed by atoms with van der Waals surface area (Å²) >= 11 is 0. The minimum absolute atomic E-state index is 0.0714. The highest BCUT2D eigenvalue weighted by atomic mass is 16.5. The highest BCUT2D eigenvalue weighted by Gasteiger charge is 2.57. The molecule has 6 nitrogen and oxygen atoms in total. The van der Waals surface area contributed by atoms with Crippen LogP contribution in [0.15, 0.2) is 4.52 Å². The zero-order valence-electron chi connectivity index (χ0n) is 13.4. The van der Waals surface area contributed by atoms with Gasteiger partial charge in [0.05, 0.1) is 6.10 Å². The molecule has 1 amide bonds. The summed E-state index contributed by atoms with van der Waals surface area (Å²) in [6, 6.07) is 0.267. The number of ether oxygens (including phenoxy) is 1. The highest BCUT2D eigenvalue weighted by Crippen LogP contribution is 2.54. The maximum absolute atomic E-state index is 12.2. The van der Waals surface area contributed by atoms with E-state index in [-0.39, 0.29) is 17.4 Å². The number of carbonyl (C=O) groups is 1. The fourth-order valence-corrected chi connectivity index (χ4v) is 4.02. The number of hydrogen-bond donors (Lipinski definition) is 1. The first kappa shape index (κ1) is 15.5. The van der Waals surface area contributed by atoms with E-state index in [2.05, 4.69) is 15.5 Å². The largest absolute Gasteiger partial charge is 0.378 e. The fourth-order valence-electron chi connectivity index (χ4n) is 4.02. The molecule has 0 radical (unpaired) electrons. The quantitative estimate of drug-likeness (QED) is 0.871. The van der Waals surface area contributed by atoms with E-state index >= 15 is 0 Å². The van der Waals surface area contributed by atoms with Crippen molar-refractivity contribution in [2.45, 2.75) is 70.9 Å². The molecule has 2 aliphatic rings. The molecule has 22 heavy (non-hydrogen) atoms. The fraction of sp³-hybridized carbons (Fsp3) is 0.812. The number of carbonyl (C=O) groups excluding carboxylic acids is 1. The number of hydrogen-bond acceptors (Lipinski definition) is 5. The van der Waals surface area contributed by atoms with Crippen molar-refractivity contribution in [2.75, 3.05) is 6.61 Å². The maximum Gasteiger partial charge on any atom is 0.227 e. The molecular weight excluding hydrogens is 282 g/mol. The van der Waals surface area contributed by atoms with Gasteiger partial charge in [-0.1, -0.05) is 18.0 Å². The molecule has 1 heterocycles.